The fourth-order valence-corrected chi connectivity index (χ4v) is 1.75. The largest absolute Gasteiger partial charge is 0.339 e. The lowest BCUT2D eigenvalue weighted by atomic mass is 10.2. The zero-order chi connectivity index (χ0) is 13.1. The Morgan fingerprint density at radius 1 is 1.50 bits per heavy atom. The predicted octanol–water partition coefficient (Wildman–Crippen LogP) is 0.231. The first-order valence-electron chi connectivity index (χ1n) is 5.64. The minimum Gasteiger partial charge on any atom is -0.339 e. The highest BCUT2D eigenvalue weighted by Gasteiger charge is 2.19. The van der Waals surface area contributed by atoms with Crippen LogP contribution >= 0.6 is 0 Å². The van der Waals surface area contributed by atoms with Crippen molar-refractivity contribution in [2.24, 2.45) is 7.05 Å². The third-order valence-corrected chi connectivity index (χ3v) is 2.75. The van der Waals surface area contributed by atoms with Crippen LogP contribution in [0.25, 0.3) is 0 Å². The topological polar surface area (TPSA) is 68.8 Å². The Hall–Kier alpha value is -2.18. The molecule has 0 aliphatic carbocycles. The molecule has 7 heteroatoms. The van der Waals surface area contributed by atoms with Crippen molar-refractivity contribution in [3.63, 3.8) is 0 Å². The highest BCUT2D eigenvalue weighted by Crippen LogP contribution is 2.09. The first-order chi connectivity index (χ1) is 8.58. The number of carbonyl (C=O) groups excluding carboxylic acids is 1. The van der Waals surface area contributed by atoms with Crippen molar-refractivity contribution in [1.82, 2.24) is 29.4 Å². The number of hydrogen-bond donors (Lipinski definition) is 0. The van der Waals surface area contributed by atoms with Gasteiger partial charge in [0.15, 0.2) is 0 Å². The molecule has 0 saturated carbocycles. The standard InChI is InChI=1S/C11H16N6O/c1-9(17-8-12-7-14-17)11(18)15(2)5-10-4-13-16(3)6-10/h4,6-9H,5H2,1-3H3/t9-/m1/s1. The molecule has 0 saturated heterocycles. The fourth-order valence-electron chi connectivity index (χ4n) is 1.75. The van der Waals surface area contributed by atoms with E-state index in [9.17, 15) is 4.79 Å². The molecule has 0 fully saturated rings. The van der Waals surface area contributed by atoms with E-state index in [2.05, 4.69) is 15.2 Å². The van der Waals surface area contributed by atoms with Crippen LogP contribution in [0.5, 0.6) is 0 Å². The number of likely N-dealkylation sites (N-methyl/N-ethyl adjacent to an activating group) is 1. The molecule has 0 radical (unpaired) electrons. The minimum atomic E-state index is -0.353. The Kier molecular flexibility index (Phi) is 3.40. The van der Waals surface area contributed by atoms with Crippen molar-refractivity contribution in [2.75, 3.05) is 7.05 Å². The summed E-state index contributed by atoms with van der Waals surface area (Å²) in [6, 6.07) is -0.353. The first-order valence-corrected chi connectivity index (χ1v) is 5.64. The summed E-state index contributed by atoms with van der Waals surface area (Å²) in [7, 11) is 3.62. The Morgan fingerprint density at radius 2 is 2.28 bits per heavy atom. The smallest absolute Gasteiger partial charge is 0.247 e. The predicted molar refractivity (Wildman–Crippen MR) is 64.4 cm³/mol. The van der Waals surface area contributed by atoms with E-state index in [4.69, 9.17) is 0 Å². The molecule has 1 atom stereocenters. The van der Waals surface area contributed by atoms with E-state index in [-0.39, 0.29) is 11.9 Å². The zero-order valence-electron chi connectivity index (χ0n) is 10.7. The van der Waals surface area contributed by atoms with E-state index in [1.807, 2.05) is 13.2 Å². The van der Waals surface area contributed by atoms with Crippen molar-refractivity contribution < 1.29 is 4.79 Å². The minimum absolute atomic E-state index is 0.00986. The number of rotatable bonds is 4. The summed E-state index contributed by atoms with van der Waals surface area (Å²) in [6.07, 6.45) is 6.61. The van der Waals surface area contributed by atoms with Crippen LogP contribution in [0.2, 0.25) is 0 Å². The van der Waals surface area contributed by atoms with Crippen molar-refractivity contribution >= 4 is 5.91 Å². The van der Waals surface area contributed by atoms with Crippen molar-refractivity contribution in [1.29, 1.82) is 0 Å². The van der Waals surface area contributed by atoms with Gasteiger partial charge in [-0.25, -0.2) is 9.67 Å². The van der Waals surface area contributed by atoms with Crippen molar-refractivity contribution in [3.05, 3.63) is 30.6 Å². The Morgan fingerprint density at radius 3 is 2.83 bits per heavy atom. The molecule has 0 spiro atoms. The van der Waals surface area contributed by atoms with Crippen LogP contribution in [0.1, 0.15) is 18.5 Å². The lowest BCUT2D eigenvalue weighted by molar-refractivity contribution is -0.133. The van der Waals surface area contributed by atoms with E-state index in [0.717, 1.165) is 5.56 Å². The van der Waals surface area contributed by atoms with Gasteiger partial charge in [0.2, 0.25) is 5.91 Å². The van der Waals surface area contributed by atoms with E-state index in [1.165, 1.54) is 6.33 Å². The fraction of sp³-hybridized carbons (Fsp3) is 0.455. The van der Waals surface area contributed by atoms with E-state index in [1.54, 1.807) is 40.8 Å². The molecule has 7 nitrogen and oxygen atoms in total. The summed E-state index contributed by atoms with van der Waals surface area (Å²) in [5.41, 5.74) is 0.999. The molecular formula is C11H16N6O. The summed E-state index contributed by atoms with van der Waals surface area (Å²) < 4.78 is 3.26. The van der Waals surface area contributed by atoms with E-state index >= 15 is 0 Å². The van der Waals surface area contributed by atoms with Crippen LogP contribution in [0.4, 0.5) is 0 Å². The lowest BCUT2D eigenvalue weighted by Gasteiger charge is -2.20. The molecule has 2 rings (SSSR count). The second-order valence-corrected chi connectivity index (χ2v) is 4.27. The molecular weight excluding hydrogens is 232 g/mol. The van der Waals surface area contributed by atoms with Gasteiger partial charge in [-0.3, -0.25) is 9.48 Å². The molecule has 0 aliphatic rings. The van der Waals surface area contributed by atoms with E-state index in [0.29, 0.717) is 6.54 Å². The maximum Gasteiger partial charge on any atom is 0.247 e. The van der Waals surface area contributed by atoms with Gasteiger partial charge in [-0.15, -0.1) is 0 Å². The zero-order valence-corrected chi connectivity index (χ0v) is 10.7. The summed E-state index contributed by atoms with van der Waals surface area (Å²) in [4.78, 5) is 17.7. The SMILES string of the molecule is C[C@H](C(=O)N(C)Cc1cnn(C)c1)n1cncn1. The third kappa shape index (κ3) is 2.55. The van der Waals surface area contributed by atoms with Gasteiger partial charge in [0, 0.05) is 32.4 Å². The van der Waals surface area contributed by atoms with Crippen molar-refractivity contribution in [2.45, 2.75) is 19.5 Å². The molecule has 2 aromatic rings. The molecule has 18 heavy (non-hydrogen) atoms. The van der Waals surface area contributed by atoms with Gasteiger partial charge in [0.1, 0.15) is 18.7 Å². The van der Waals surface area contributed by atoms with Crippen LogP contribution in [0, 0.1) is 0 Å². The Balaban J connectivity index is 2.00. The maximum atomic E-state index is 12.2. The average molecular weight is 248 g/mol. The molecule has 0 aliphatic heterocycles. The molecule has 0 bridgehead atoms. The van der Waals surface area contributed by atoms with Crippen LogP contribution < -0.4 is 0 Å². The third-order valence-electron chi connectivity index (χ3n) is 2.75. The molecule has 0 aromatic carbocycles. The number of amides is 1. The van der Waals surface area contributed by atoms with Gasteiger partial charge >= 0.3 is 0 Å². The maximum absolute atomic E-state index is 12.2. The Labute approximate surface area is 105 Å². The van der Waals surface area contributed by atoms with Crippen molar-refractivity contribution in [3.8, 4) is 0 Å². The molecule has 96 valence electrons. The second kappa shape index (κ2) is 4.99. The number of hydrogen-bond acceptors (Lipinski definition) is 4. The number of nitrogens with zero attached hydrogens (tertiary/aromatic N) is 6. The molecule has 2 aromatic heterocycles. The number of aryl methyl sites for hydroxylation is 1. The summed E-state index contributed by atoms with van der Waals surface area (Å²) in [6.45, 7) is 2.34. The molecule has 1 amide bonds. The number of carbonyl (C=O) groups is 1. The Bertz CT molecular complexity index is 517. The molecule has 0 N–H and O–H groups in total. The van der Waals surface area contributed by atoms with Crippen LogP contribution in [-0.2, 0) is 18.4 Å². The second-order valence-electron chi connectivity index (χ2n) is 4.27. The normalized spacial score (nSPS) is 12.4. The van der Waals surface area contributed by atoms with Gasteiger partial charge in [0.25, 0.3) is 0 Å². The van der Waals surface area contributed by atoms with Gasteiger partial charge in [0.05, 0.1) is 6.20 Å². The number of aromatic nitrogens is 5. The van der Waals surface area contributed by atoms with Gasteiger partial charge < -0.3 is 4.90 Å². The van der Waals surface area contributed by atoms with Gasteiger partial charge in [-0.2, -0.15) is 10.2 Å². The summed E-state index contributed by atoms with van der Waals surface area (Å²) >= 11 is 0. The van der Waals surface area contributed by atoms with E-state index < -0.39 is 0 Å². The average Bonchev–Trinajstić information content (AvgIpc) is 2.98. The van der Waals surface area contributed by atoms with Crippen LogP contribution in [0.15, 0.2) is 25.0 Å². The first kappa shape index (κ1) is 12.3. The highest BCUT2D eigenvalue weighted by molar-refractivity contribution is 5.79. The van der Waals surface area contributed by atoms with Crippen LogP contribution in [-0.4, -0.2) is 42.4 Å². The van der Waals surface area contributed by atoms with Gasteiger partial charge in [-0.1, -0.05) is 0 Å². The summed E-state index contributed by atoms with van der Waals surface area (Å²) in [5.74, 6) is -0.00986. The van der Waals surface area contributed by atoms with Gasteiger partial charge in [-0.05, 0) is 6.92 Å². The molecule has 0 unspecified atom stereocenters. The monoisotopic (exact) mass is 248 g/mol. The summed E-state index contributed by atoms with van der Waals surface area (Å²) in [5, 5.41) is 8.05. The lowest BCUT2D eigenvalue weighted by Crippen LogP contribution is -2.32. The highest BCUT2D eigenvalue weighted by atomic mass is 16.2. The quantitative estimate of drug-likeness (QED) is 0.776. The van der Waals surface area contributed by atoms with Crippen LogP contribution in [0.3, 0.4) is 0 Å². The molecule has 2 heterocycles.